The molecule has 1 unspecified atom stereocenters. The van der Waals surface area contributed by atoms with E-state index in [1.165, 1.54) is 0 Å². The maximum atomic E-state index is 11.7. The number of hydrogen-bond donors (Lipinski definition) is 2. The number of carbonyl (C=O) groups is 1. The van der Waals surface area contributed by atoms with Gasteiger partial charge < -0.3 is 16.0 Å². The van der Waals surface area contributed by atoms with Gasteiger partial charge in [0.25, 0.3) is 0 Å². The lowest BCUT2D eigenvalue weighted by Gasteiger charge is -2.26. The number of nitrogens with one attached hydrogen (secondary N) is 1. The fourth-order valence-electron chi connectivity index (χ4n) is 1.65. The van der Waals surface area contributed by atoms with E-state index in [2.05, 4.69) is 44.8 Å². The van der Waals surface area contributed by atoms with Gasteiger partial charge in [0.05, 0.1) is 0 Å². The maximum absolute atomic E-state index is 11.7. The molecule has 1 atom stereocenters. The summed E-state index contributed by atoms with van der Waals surface area (Å²) in [6.07, 6.45) is 1.41. The van der Waals surface area contributed by atoms with Gasteiger partial charge in [0.15, 0.2) is 0 Å². The summed E-state index contributed by atoms with van der Waals surface area (Å²) in [5.41, 5.74) is 5.96. The Kier molecular flexibility index (Phi) is 8.20. The monoisotopic (exact) mass is 257 g/mol. The zero-order chi connectivity index (χ0) is 14.2. The number of rotatable bonds is 8. The third-order valence-electron chi connectivity index (χ3n) is 3.39. The van der Waals surface area contributed by atoms with Gasteiger partial charge in [0, 0.05) is 19.0 Å². The van der Waals surface area contributed by atoms with Gasteiger partial charge in [-0.15, -0.1) is 0 Å². The first-order valence-corrected chi connectivity index (χ1v) is 7.05. The van der Waals surface area contributed by atoms with E-state index in [9.17, 15) is 4.79 Å². The highest BCUT2D eigenvalue weighted by Crippen LogP contribution is 2.19. The number of nitrogens with two attached hydrogens (primary N) is 1. The number of hydrogen-bond acceptors (Lipinski definition) is 3. The second-order valence-electron chi connectivity index (χ2n) is 5.91. The van der Waals surface area contributed by atoms with Crippen LogP contribution in [0.3, 0.4) is 0 Å². The fraction of sp³-hybridized carbons (Fsp3) is 0.929. The molecule has 0 bridgehead atoms. The average molecular weight is 257 g/mol. The Morgan fingerprint density at radius 2 is 1.83 bits per heavy atom. The molecule has 18 heavy (non-hydrogen) atoms. The van der Waals surface area contributed by atoms with Gasteiger partial charge in [-0.2, -0.15) is 0 Å². The highest BCUT2D eigenvalue weighted by molar-refractivity contribution is 5.76. The van der Waals surface area contributed by atoms with Gasteiger partial charge in [-0.25, -0.2) is 0 Å². The number of carbonyl (C=O) groups excluding carboxylic acids is 1. The minimum atomic E-state index is -0.0831. The average Bonchev–Trinajstić information content (AvgIpc) is 2.28. The van der Waals surface area contributed by atoms with Crippen LogP contribution in [0.1, 0.15) is 47.5 Å². The van der Waals surface area contributed by atoms with Crippen molar-refractivity contribution < 1.29 is 4.79 Å². The van der Waals surface area contributed by atoms with Gasteiger partial charge in [0.1, 0.15) is 0 Å². The van der Waals surface area contributed by atoms with E-state index >= 15 is 0 Å². The summed E-state index contributed by atoms with van der Waals surface area (Å²) >= 11 is 0. The normalized spacial score (nSPS) is 13.7. The first-order chi connectivity index (χ1) is 8.31. The first kappa shape index (κ1) is 17.4. The second kappa shape index (κ2) is 8.48. The Morgan fingerprint density at radius 1 is 1.28 bits per heavy atom. The standard InChI is InChI=1S/C14H31N3O/c1-6-17(7-2)10-8-9-16-13(18)11-12(15)14(3,4)5/h12H,6-11,15H2,1-5H3,(H,16,18). The third-order valence-corrected chi connectivity index (χ3v) is 3.39. The summed E-state index contributed by atoms with van der Waals surface area (Å²) < 4.78 is 0. The van der Waals surface area contributed by atoms with Crippen molar-refractivity contribution in [3.8, 4) is 0 Å². The van der Waals surface area contributed by atoms with Crippen molar-refractivity contribution in [2.45, 2.75) is 53.5 Å². The van der Waals surface area contributed by atoms with Crippen LogP contribution in [0.5, 0.6) is 0 Å². The summed E-state index contributed by atoms with van der Waals surface area (Å²) in [5.74, 6) is 0.0666. The van der Waals surface area contributed by atoms with E-state index in [-0.39, 0.29) is 17.4 Å². The van der Waals surface area contributed by atoms with Crippen molar-refractivity contribution in [3.05, 3.63) is 0 Å². The van der Waals surface area contributed by atoms with Gasteiger partial charge in [-0.1, -0.05) is 34.6 Å². The van der Waals surface area contributed by atoms with Crippen LogP contribution < -0.4 is 11.1 Å². The molecular weight excluding hydrogens is 226 g/mol. The topological polar surface area (TPSA) is 58.4 Å². The predicted octanol–water partition coefficient (Wildman–Crippen LogP) is 1.60. The minimum Gasteiger partial charge on any atom is -0.356 e. The van der Waals surface area contributed by atoms with Crippen LogP contribution in [0.2, 0.25) is 0 Å². The Bertz CT molecular complexity index is 232. The van der Waals surface area contributed by atoms with Crippen LogP contribution in [0.15, 0.2) is 0 Å². The molecule has 0 rings (SSSR count). The number of amides is 1. The molecule has 0 saturated heterocycles. The largest absolute Gasteiger partial charge is 0.356 e. The van der Waals surface area contributed by atoms with E-state index < -0.39 is 0 Å². The van der Waals surface area contributed by atoms with Crippen molar-refractivity contribution in [2.24, 2.45) is 11.1 Å². The lowest BCUT2D eigenvalue weighted by atomic mass is 9.85. The van der Waals surface area contributed by atoms with Crippen molar-refractivity contribution in [1.82, 2.24) is 10.2 Å². The molecule has 4 nitrogen and oxygen atoms in total. The molecule has 0 aliphatic heterocycles. The maximum Gasteiger partial charge on any atom is 0.221 e. The van der Waals surface area contributed by atoms with Crippen LogP contribution in [0, 0.1) is 5.41 Å². The summed E-state index contributed by atoms with van der Waals surface area (Å²) in [6.45, 7) is 14.4. The van der Waals surface area contributed by atoms with E-state index in [0.717, 1.165) is 32.6 Å². The molecule has 0 heterocycles. The molecule has 0 aromatic heterocycles. The molecule has 3 N–H and O–H groups in total. The third kappa shape index (κ3) is 7.67. The smallest absolute Gasteiger partial charge is 0.221 e. The predicted molar refractivity (Wildman–Crippen MR) is 77.5 cm³/mol. The zero-order valence-corrected chi connectivity index (χ0v) is 12.8. The minimum absolute atomic E-state index is 0.0153. The summed E-state index contributed by atoms with van der Waals surface area (Å²) in [5, 5.41) is 2.94. The van der Waals surface area contributed by atoms with E-state index in [4.69, 9.17) is 5.73 Å². The van der Waals surface area contributed by atoms with Gasteiger partial charge in [-0.3, -0.25) is 4.79 Å². The van der Waals surface area contributed by atoms with Crippen LogP contribution in [-0.2, 0) is 4.79 Å². The summed E-state index contributed by atoms with van der Waals surface area (Å²) in [7, 11) is 0. The summed E-state index contributed by atoms with van der Waals surface area (Å²) in [6, 6.07) is -0.0831. The van der Waals surface area contributed by atoms with Gasteiger partial charge in [0.2, 0.25) is 5.91 Å². The van der Waals surface area contributed by atoms with Crippen molar-refractivity contribution in [3.63, 3.8) is 0 Å². The van der Waals surface area contributed by atoms with Crippen LogP contribution in [-0.4, -0.2) is 43.0 Å². The summed E-state index contributed by atoms with van der Waals surface area (Å²) in [4.78, 5) is 14.0. The molecule has 0 aromatic carbocycles. The van der Waals surface area contributed by atoms with Gasteiger partial charge >= 0.3 is 0 Å². The molecule has 0 saturated carbocycles. The molecule has 0 fully saturated rings. The van der Waals surface area contributed by atoms with E-state index in [1.54, 1.807) is 0 Å². The van der Waals surface area contributed by atoms with Crippen molar-refractivity contribution in [1.29, 1.82) is 0 Å². The quantitative estimate of drug-likeness (QED) is 0.649. The lowest BCUT2D eigenvalue weighted by molar-refractivity contribution is -0.121. The highest BCUT2D eigenvalue weighted by atomic mass is 16.1. The SMILES string of the molecule is CCN(CC)CCCNC(=O)CC(N)C(C)(C)C. The lowest BCUT2D eigenvalue weighted by Crippen LogP contribution is -2.40. The molecule has 108 valence electrons. The zero-order valence-electron chi connectivity index (χ0n) is 12.8. The molecule has 0 spiro atoms. The highest BCUT2D eigenvalue weighted by Gasteiger charge is 2.22. The van der Waals surface area contributed by atoms with E-state index in [0.29, 0.717) is 6.42 Å². The Morgan fingerprint density at radius 3 is 2.28 bits per heavy atom. The Hall–Kier alpha value is -0.610. The van der Waals surface area contributed by atoms with Crippen LogP contribution in [0.25, 0.3) is 0 Å². The second-order valence-corrected chi connectivity index (χ2v) is 5.91. The molecule has 0 aliphatic rings. The van der Waals surface area contributed by atoms with E-state index in [1.807, 2.05) is 0 Å². The molecular formula is C14H31N3O. The molecule has 4 heteroatoms. The van der Waals surface area contributed by atoms with Gasteiger partial charge in [-0.05, 0) is 31.5 Å². The Balaban J connectivity index is 3.72. The van der Waals surface area contributed by atoms with Crippen LogP contribution >= 0.6 is 0 Å². The molecule has 0 aliphatic carbocycles. The van der Waals surface area contributed by atoms with Crippen molar-refractivity contribution >= 4 is 5.91 Å². The van der Waals surface area contributed by atoms with Crippen LogP contribution in [0.4, 0.5) is 0 Å². The first-order valence-electron chi connectivity index (χ1n) is 7.05. The molecule has 0 aromatic rings. The number of nitrogens with zero attached hydrogens (tertiary/aromatic N) is 1. The fourth-order valence-corrected chi connectivity index (χ4v) is 1.65. The van der Waals surface area contributed by atoms with Crippen molar-refractivity contribution in [2.75, 3.05) is 26.2 Å². The molecule has 0 radical (unpaired) electrons. The Labute approximate surface area is 112 Å². The molecule has 1 amide bonds.